The minimum absolute atomic E-state index is 0.0463. The highest BCUT2D eigenvalue weighted by Gasteiger charge is 2.20. The summed E-state index contributed by atoms with van der Waals surface area (Å²) in [7, 11) is 0. The van der Waals surface area contributed by atoms with E-state index >= 15 is 0 Å². The third-order valence-corrected chi connectivity index (χ3v) is 11.2. The molecule has 0 aliphatic heterocycles. The van der Waals surface area contributed by atoms with Crippen molar-refractivity contribution >= 4 is 11.9 Å². The number of hydrogen-bond donors (Lipinski definition) is 3. The van der Waals surface area contributed by atoms with Crippen molar-refractivity contribution < 1.29 is 24.5 Å². The molecule has 2 atom stereocenters. The summed E-state index contributed by atoms with van der Waals surface area (Å²) in [5, 5.41) is 23.2. The second-order valence-electron chi connectivity index (χ2n) is 16.8. The molecule has 0 heterocycles. The Bertz CT molecular complexity index is 931. The number of carbonyl (C=O) groups is 2. The van der Waals surface area contributed by atoms with Gasteiger partial charge in [-0.1, -0.05) is 198 Å². The minimum Gasteiger partial charge on any atom is -0.466 e. The largest absolute Gasteiger partial charge is 0.466 e. The summed E-state index contributed by atoms with van der Waals surface area (Å²) < 4.78 is 5.42. The first-order chi connectivity index (χ1) is 28.0. The van der Waals surface area contributed by atoms with Crippen LogP contribution in [0.3, 0.4) is 0 Å². The highest BCUT2D eigenvalue weighted by molar-refractivity contribution is 5.76. The first-order valence-electron chi connectivity index (χ1n) is 24.7. The summed E-state index contributed by atoms with van der Waals surface area (Å²) in [5.74, 6) is -0.112. The van der Waals surface area contributed by atoms with Crippen molar-refractivity contribution in [2.75, 3.05) is 13.2 Å². The van der Waals surface area contributed by atoms with Gasteiger partial charge in [-0.15, -0.1) is 0 Å². The van der Waals surface area contributed by atoms with Gasteiger partial charge >= 0.3 is 5.97 Å². The van der Waals surface area contributed by atoms with Crippen LogP contribution < -0.4 is 5.32 Å². The van der Waals surface area contributed by atoms with Crippen LogP contribution in [0.25, 0.3) is 0 Å². The molecule has 0 saturated heterocycles. The second kappa shape index (κ2) is 46.8. The number of aliphatic hydroxyl groups is 2. The summed E-state index contributed by atoms with van der Waals surface area (Å²) in [6, 6.07) is -0.563. The monoisotopic (exact) mass is 802 g/mol. The smallest absolute Gasteiger partial charge is 0.305 e. The van der Waals surface area contributed by atoms with Crippen LogP contribution >= 0.6 is 0 Å². The molecule has 0 aliphatic rings. The molecule has 0 rings (SSSR count). The first kappa shape index (κ1) is 55.1. The van der Waals surface area contributed by atoms with E-state index in [1.165, 1.54) is 122 Å². The maximum absolute atomic E-state index is 12.4. The third-order valence-electron chi connectivity index (χ3n) is 11.2. The number of hydrogen-bond acceptors (Lipinski definition) is 5. The highest BCUT2D eigenvalue weighted by atomic mass is 16.5. The topological polar surface area (TPSA) is 95.9 Å². The number of esters is 1. The Morgan fingerprint density at radius 3 is 1.40 bits per heavy atom. The zero-order valence-electron chi connectivity index (χ0n) is 37.8. The molecule has 0 aliphatic carbocycles. The van der Waals surface area contributed by atoms with Crippen molar-refractivity contribution in [3.8, 4) is 0 Å². The number of unbranched alkanes of at least 4 members (excludes halogenated alkanes) is 28. The summed E-state index contributed by atoms with van der Waals surface area (Å²) in [5.41, 5.74) is 0. The Morgan fingerprint density at radius 2 is 0.895 bits per heavy atom. The number of carbonyl (C=O) groups excluding carboxylic acids is 2. The van der Waals surface area contributed by atoms with E-state index in [0.29, 0.717) is 25.9 Å². The van der Waals surface area contributed by atoms with Gasteiger partial charge in [0.05, 0.1) is 25.4 Å². The fraction of sp³-hybridized carbons (Fsp3) is 0.843. The molecule has 1 amide bonds. The predicted molar refractivity (Wildman–Crippen MR) is 246 cm³/mol. The van der Waals surface area contributed by atoms with Crippen molar-refractivity contribution in [1.82, 2.24) is 5.32 Å². The molecule has 6 heteroatoms. The zero-order chi connectivity index (χ0) is 41.5. The van der Waals surface area contributed by atoms with E-state index in [4.69, 9.17) is 4.74 Å². The van der Waals surface area contributed by atoms with Crippen LogP contribution in [0, 0.1) is 0 Å². The number of aliphatic hydroxyl groups excluding tert-OH is 2. The van der Waals surface area contributed by atoms with Gasteiger partial charge in [0.25, 0.3) is 0 Å². The van der Waals surface area contributed by atoms with Crippen molar-refractivity contribution in [1.29, 1.82) is 0 Å². The molecule has 334 valence electrons. The Kier molecular flexibility index (Phi) is 45.2. The molecule has 0 fully saturated rings. The molecular weight excluding hydrogens is 707 g/mol. The molecule has 0 aromatic carbocycles. The third kappa shape index (κ3) is 43.5. The predicted octanol–water partition coefficient (Wildman–Crippen LogP) is 14.5. The van der Waals surface area contributed by atoms with Gasteiger partial charge in [0.15, 0.2) is 0 Å². The SMILES string of the molecule is CCCC/C=C\C/C=C\CCCCCCCC(=O)OCCCC/C=C\CCCCCCCC(=O)NC(CO)C(O)CCCCCCCCCCCCCCCCC. The van der Waals surface area contributed by atoms with E-state index in [1.807, 2.05) is 0 Å². The van der Waals surface area contributed by atoms with Gasteiger partial charge in [0.1, 0.15) is 0 Å². The molecule has 2 unspecified atom stereocenters. The van der Waals surface area contributed by atoms with E-state index < -0.39 is 12.1 Å². The first-order valence-corrected chi connectivity index (χ1v) is 24.7. The normalized spacial score (nSPS) is 13.0. The number of amides is 1. The van der Waals surface area contributed by atoms with Gasteiger partial charge < -0.3 is 20.3 Å². The lowest BCUT2D eigenvalue weighted by Crippen LogP contribution is -2.45. The summed E-state index contributed by atoms with van der Waals surface area (Å²) in [6.45, 7) is 4.82. The Balaban J connectivity index is 3.54. The lowest BCUT2D eigenvalue weighted by Gasteiger charge is -2.22. The molecule has 0 aromatic rings. The second-order valence-corrected chi connectivity index (χ2v) is 16.8. The van der Waals surface area contributed by atoms with Crippen LogP contribution in [-0.4, -0.2) is 47.4 Å². The molecular formula is C51H95NO5. The number of allylic oxidation sites excluding steroid dienone is 6. The molecule has 3 N–H and O–H groups in total. The average molecular weight is 802 g/mol. The standard InChI is InChI=1S/C51H95NO5/c1-3-5-7-9-11-13-15-17-19-20-23-27-31-35-39-43-49(54)48(47-53)52-50(55)44-40-36-32-28-24-22-26-30-34-38-42-46-57-51(56)45-41-37-33-29-25-21-18-16-14-12-10-8-6-4-2/h10,12,16,18,26,30,48-49,53-54H,3-9,11,13-15,17,19-25,27-29,31-47H2,1-2H3,(H,52,55)/b12-10-,18-16-,30-26-. The number of ether oxygens (including phenoxy) is 1. The summed E-state index contributed by atoms with van der Waals surface area (Å²) in [6.07, 6.45) is 55.3. The zero-order valence-corrected chi connectivity index (χ0v) is 37.8. The van der Waals surface area contributed by atoms with Gasteiger partial charge in [-0.3, -0.25) is 9.59 Å². The van der Waals surface area contributed by atoms with E-state index in [2.05, 4.69) is 55.6 Å². The van der Waals surface area contributed by atoms with Crippen LogP contribution in [-0.2, 0) is 14.3 Å². The Labute approximate surface area is 353 Å². The van der Waals surface area contributed by atoms with Gasteiger partial charge in [0, 0.05) is 12.8 Å². The average Bonchev–Trinajstić information content (AvgIpc) is 3.21. The van der Waals surface area contributed by atoms with Gasteiger partial charge in [0.2, 0.25) is 5.91 Å². The van der Waals surface area contributed by atoms with Crippen molar-refractivity contribution in [3.05, 3.63) is 36.5 Å². The summed E-state index contributed by atoms with van der Waals surface area (Å²) >= 11 is 0. The maximum Gasteiger partial charge on any atom is 0.305 e. The quantitative estimate of drug-likeness (QED) is 0.0324. The molecule has 0 aromatic heterocycles. The molecule has 0 radical (unpaired) electrons. The van der Waals surface area contributed by atoms with Crippen molar-refractivity contribution in [2.24, 2.45) is 0 Å². The fourth-order valence-electron chi connectivity index (χ4n) is 7.30. The molecule has 6 nitrogen and oxygen atoms in total. The Hall–Kier alpha value is -1.92. The summed E-state index contributed by atoms with van der Waals surface area (Å²) in [4.78, 5) is 24.4. The lowest BCUT2D eigenvalue weighted by molar-refractivity contribution is -0.143. The lowest BCUT2D eigenvalue weighted by atomic mass is 10.0. The van der Waals surface area contributed by atoms with Crippen LogP contribution in [0.2, 0.25) is 0 Å². The minimum atomic E-state index is -0.683. The number of nitrogens with one attached hydrogen (secondary N) is 1. The molecule has 0 bridgehead atoms. The van der Waals surface area contributed by atoms with Gasteiger partial charge in [-0.05, 0) is 77.0 Å². The highest BCUT2D eigenvalue weighted by Crippen LogP contribution is 2.16. The van der Waals surface area contributed by atoms with Crippen LogP contribution in [0.4, 0.5) is 0 Å². The van der Waals surface area contributed by atoms with Crippen LogP contribution in [0.5, 0.6) is 0 Å². The van der Waals surface area contributed by atoms with E-state index in [1.54, 1.807) is 0 Å². The Morgan fingerprint density at radius 1 is 0.491 bits per heavy atom. The van der Waals surface area contributed by atoms with Gasteiger partial charge in [-0.2, -0.15) is 0 Å². The molecule has 0 saturated carbocycles. The molecule has 57 heavy (non-hydrogen) atoms. The van der Waals surface area contributed by atoms with Crippen LogP contribution in [0.15, 0.2) is 36.5 Å². The van der Waals surface area contributed by atoms with E-state index in [-0.39, 0.29) is 18.5 Å². The van der Waals surface area contributed by atoms with Crippen molar-refractivity contribution in [3.63, 3.8) is 0 Å². The van der Waals surface area contributed by atoms with Crippen LogP contribution in [0.1, 0.15) is 251 Å². The fourth-order valence-corrected chi connectivity index (χ4v) is 7.30. The van der Waals surface area contributed by atoms with E-state index in [0.717, 1.165) is 96.3 Å². The van der Waals surface area contributed by atoms with Gasteiger partial charge in [-0.25, -0.2) is 0 Å². The maximum atomic E-state index is 12.4. The molecule has 0 spiro atoms. The number of rotatable bonds is 45. The van der Waals surface area contributed by atoms with Crippen molar-refractivity contribution in [2.45, 2.75) is 264 Å². The van der Waals surface area contributed by atoms with E-state index in [9.17, 15) is 19.8 Å².